The van der Waals surface area contributed by atoms with E-state index >= 15 is 0 Å². The zero-order valence-corrected chi connectivity index (χ0v) is 17.4. The average molecular weight is 370 g/mol. The lowest BCUT2D eigenvalue weighted by molar-refractivity contribution is -0.117. The van der Waals surface area contributed by atoms with Gasteiger partial charge in [0.2, 0.25) is 5.91 Å². The molecule has 0 aromatic heterocycles. The molecular weight excluding hydrogens is 330 g/mol. The molecule has 0 unspecified atom stereocenters. The second-order valence-corrected chi connectivity index (χ2v) is 8.04. The summed E-state index contributed by atoms with van der Waals surface area (Å²) in [5.74, 6) is 0.189. The molecule has 2 heteroatoms. The molecule has 0 atom stereocenters. The van der Waals surface area contributed by atoms with Crippen molar-refractivity contribution < 1.29 is 4.79 Å². The van der Waals surface area contributed by atoms with Crippen LogP contribution in [0.5, 0.6) is 0 Å². The Kier molecular flexibility index (Phi) is 10.9. The Bertz CT molecular complexity index is 561. The van der Waals surface area contributed by atoms with E-state index in [9.17, 15) is 4.79 Å². The summed E-state index contributed by atoms with van der Waals surface area (Å²) >= 11 is 0. The molecule has 0 heterocycles. The summed E-state index contributed by atoms with van der Waals surface area (Å²) in [5.41, 5.74) is 3.72. The molecule has 0 radical (unpaired) electrons. The number of carbonyl (C=O) groups is 1. The minimum atomic E-state index is 0.189. The standard InChI is InChI=1S/C25H39NO/c1-2-3-4-5-6-7-8-9-10-14-20-26-25(27)24-19-15-18-23(24)21-22-16-12-11-13-17-22/h11-13,16-17H,2-10,14-15,18-21H2,1H3,(H,26,27). The Morgan fingerprint density at radius 1 is 0.852 bits per heavy atom. The highest BCUT2D eigenvalue weighted by atomic mass is 16.1. The number of rotatable bonds is 14. The van der Waals surface area contributed by atoms with Crippen molar-refractivity contribution in [1.29, 1.82) is 0 Å². The second-order valence-electron chi connectivity index (χ2n) is 8.04. The Morgan fingerprint density at radius 3 is 2.15 bits per heavy atom. The second kappa shape index (κ2) is 13.6. The fourth-order valence-corrected chi connectivity index (χ4v) is 4.04. The number of unbranched alkanes of at least 4 members (excludes halogenated alkanes) is 9. The van der Waals surface area contributed by atoms with Gasteiger partial charge in [-0.2, -0.15) is 0 Å². The summed E-state index contributed by atoms with van der Waals surface area (Å²) in [6.45, 7) is 3.10. The van der Waals surface area contributed by atoms with Crippen LogP contribution in [0.15, 0.2) is 41.5 Å². The zero-order valence-electron chi connectivity index (χ0n) is 17.4. The molecular formula is C25H39NO. The lowest BCUT2D eigenvalue weighted by atomic mass is 10.0. The maximum absolute atomic E-state index is 12.5. The van der Waals surface area contributed by atoms with Gasteiger partial charge in [-0.05, 0) is 37.7 Å². The van der Waals surface area contributed by atoms with Crippen molar-refractivity contribution >= 4 is 5.91 Å². The molecule has 1 amide bonds. The van der Waals surface area contributed by atoms with Gasteiger partial charge in [-0.3, -0.25) is 4.79 Å². The van der Waals surface area contributed by atoms with Crippen LogP contribution in [0.4, 0.5) is 0 Å². The number of carbonyl (C=O) groups excluding carboxylic acids is 1. The monoisotopic (exact) mass is 369 g/mol. The van der Waals surface area contributed by atoms with Gasteiger partial charge in [0.25, 0.3) is 0 Å². The van der Waals surface area contributed by atoms with E-state index in [-0.39, 0.29) is 5.91 Å². The van der Waals surface area contributed by atoms with Crippen LogP contribution >= 0.6 is 0 Å². The van der Waals surface area contributed by atoms with Gasteiger partial charge in [-0.25, -0.2) is 0 Å². The van der Waals surface area contributed by atoms with Crippen LogP contribution in [0.25, 0.3) is 0 Å². The third-order valence-electron chi connectivity index (χ3n) is 5.68. The molecule has 0 saturated carbocycles. The minimum Gasteiger partial charge on any atom is -0.352 e. The fourth-order valence-electron chi connectivity index (χ4n) is 4.04. The maximum atomic E-state index is 12.5. The Balaban J connectivity index is 1.56. The topological polar surface area (TPSA) is 29.1 Å². The van der Waals surface area contributed by atoms with Crippen LogP contribution in [0.2, 0.25) is 0 Å². The van der Waals surface area contributed by atoms with Crippen molar-refractivity contribution in [3.63, 3.8) is 0 Å². The Hall–Kier alpha value is -1.57. The first-order chi connectivity index (χ1) is 13.3. The highest BCUT2D eigenvalue weighted by Gasteiger charge is 2.20. The van der Waals surface area contributed by atoms with Crippen LogP contribution in [0, 0.1) is 0 Å². The van der Waals surface area contributed by atoms with E-state index in [2.05, 4.69) is 36.5 Å². The lowest BCUT2D eigenvalue weighted by Crippen LogP contribution is -2.26. The van der Waals surface area contributed by atoms with E-state index in [1.165, 1.54) is 68.9 Å². The molecule has 0 fully saturated rings. The smallest absolute Gasteiger partial charge is 0.247 e. The van der Waals surface area contributed by atoms with E-state index in [4.69, 9.17) is 0 Å². The first kappa shape index (κ1) is 21.7. The number of amides is 1. The van der Waals surface area contributed by atoms with Crippen LogP contribution in [-0.2, 0) is 11.2 Å². The van der Waals surface area contributed by atoms with Gasteiger partial charge in [0, 0.05) is 12.1 Å². The van der Waals surface area contributed by atoms with E-state index < -0.39 is 0 Å². The molecule has 0 saturated heterocycles. The summed E-state index contributed by atoms with van der Waals surface area (Å²) in [5, 5.41) is 3.17. The van der Waals surface area contributed by atoms with Crippen molar-refractivity contribution in [3.8, 4) is 0 Å². The van der Waals surface area contributed by atoms with Crippen molar-refractivity contribution in [2.45, 2.75) is 96.8 Å². The zero-order chi connectivity index (χ0) is 19.2. The molecule has 2 rings (SSSR count). The molecule has 1 aromatic carbocycles. The van der Waals surface area contributed by atoms with Gasteiger partial charge < -0.3 is 5.32 Å². The maximum Gasteiger partial charge on any atom is 0.247 e. The summed E-state index contributed by atoms with van der Waals surface area (Å²) < 4.78 is 0. The number of hydrogen-bond acceptors (Lipinski definition) is 1. The van der Waals surface area contributed by atoms with E-state index in [0.717, 1.165) is 44.2 Å². The van der Waals surface area contributed by atoms with Crippen molar-refractivity contribution in [3.05, 3.63) is 47.0 Å². The van der Waals surface area contributed by atoms with Gasteiger partial charge in [0.1, 0.15) is 0 Å². The molecule has 1 aliphatic carbocycles. The normalized spacial score (nSPS) is 14.0. The third-order valence-corrected chi connectivity index (χ3v) is 5.68. The molecule has 1 aromatic rings. The fraction of sp³-hybridized carbons (Fsp3) is 0.640. The lowest BCUT2D eigenvalue weighted by Gasteiger charge is -2.09. The SMILES string of the molecule is CCCCCCCCCCCCNC(=O)C1=C(Cc2ccccc2)CCC1. The van der Waals surface area contributed by atoms with Gasteiger partial charge in [-0.1, -0.05) is 101 Å². The molecule has 0 aliphatic heterocycles. The first-order valence-electron chi connectivity index (χ1n) is 11.3. The predicted octanol–water partition coefficient (Wildman–Crippen LogP) is 6.75. The highest BCUT2D eigenvalue weighted by Crippen LogP contribution is 2.28. The van der Waals surface area contributed by atoms with E-state index in [0.29, 0.717) is 0 Å². The minimum absolute atomic E-state index is 0.189. The quantitative estimate of drug-likeness (QED) is 0.361. The first-order valence-corrected chi connectivity index (χ1v) is 11.3. The van der Waals surface area contributed by atoms with Gasteiger partial charge in [0.05, 0.1) is 0 Å². The molecule has 0 bridgehead atoms. The summed E-state index contributed by atoms with van der Waals surface area (Å²) in [6.07, 6.45) is 17.4. The average Bonchev–Trinajstić information content (AvgIpc) is 3.15. The van der Waals surface area contributed by atoms with Crippen molar-refractivity contribution in [2.24, 2.45) is 0 Å². The van der Waals surface area contributed by atoms with Gasteiger partial charge in [0.15, 0.2) is 0 Å². The molecule has 1 aliphatic rings. The predicted molar refractivity (Wildman–Crippen MR) is 116 cm³/mol. The van der Waals surface area contributed by atoms with Gasteiger partial charge >= 0.3 is 0 Å². The third kappa shape index (κ3) is 8.77. The van der Waals surface area contributed by atoms with Crippen molar-refractivity contribution in [1.82, 2.24) is 5.32 Å². The Labute approximate surface area is 166 Å². The largest absolute Gasteiger partial charge is 0.352 e. The van der Waals surface area contributed by atoms with E-state index in [1.807, 2.05) is 6.07 Å². The number of nitrogens with one attached hydrogen (secondary N) is 1. The molecule has 0 spiro atoms. The van der Waals surface area contributed by atoms with Crippen LogP contribution < -0.4 is 5.32 Å². The summed E-state index contributed by atoms with van der Waals surface area (Å²) in [7, 11) is 0. The number of benzene rings is 1. The number of hydrogen-bond donors (Lipinski definition) is 1. The van der Waals surface area contributed by atoms with Crippen molar-refractivity contribution in [2.75, 3.05) is 6.54 Å². The number of allylic oxidation sites excluding steroid dienone is 1. The molecule has 2 nitrogen and oxygen atoms in total. The summed E-state index contributed by atoms with van der Waals surface area (Å²) in [4.78, 5) is 12.5. The van der Waals surface area contributed by atoms with Crippen LogP contribution in [0.3, 0.4) is 0 Å². The van der Waals surface area contributed by atoms with E-state index in [1.54, 1.807) is 0 Å². The molecule has 1 N–H and O–H groups in total. The van der Waals surface area contributed by atoms with Gasteiger partial charge in [-0.15, -0.1) is 0 Å². The highest BCUT2D eigenvalue weighted by molar-refractivity contribution is 5.94. The Morgan fingerprint density at radius 2 is 1.48 bits per heavy atom. The molecule has 27 heavy (non-hydrogen) atoms. The van der Waals surface area contributed by atoms with Crippen LogP contribution in [0.1, 0.15) is 96.0 Å². The van der Waals surface area contributed by atoms with Crippen LogP contribution in [-0.4, -0.2) is 12.5 Å². The molecule has 150 valence electrons. The summed E-state index contributed by atoms with van der Waals surface area (Å²) in [6, 6.07) is 10.5.